The quantitative estimate of drug-likeness (QED) is 0.781. The fourth-order valence-electron chi connectivity index (χ4n) is 1.35. The zero-order valence-corrected chi connectivity index (χ0v) is 10.3. The van der Waals surface area contributed by atoms with E-state index in [4.69, 9.17) is 9.90 Å². The Morgan fingerprint density at radius 1 is 1.24 bits per heavy atom. The van der Waals surface area contributed by atoms with E-state index in [9.17, 15) is 26.3 Å². The Bertz CT molecular complexity index is 496. The van der Waals surface area contributed by atoms with Gasteiger partial charge in [0.05, 0.1) is 5.56 Å². The minimum Gasteiger partial charge on any atom is -0.475 e. The predicted molar refractivity (Wildman–Crippen MR) is 58.5 cm³/mol. The van der Waals surface area contributed by atoms with Crippen LogP contribution in [0.15, 0.2) is 18.3 Å². The van der Waals surface area contributed by atoms with Crippen molar-refractivity contribution in [2.45, 2.75) is 18.3 Å². The van der Waals surface area contributed by atoms with Gasteiger partial charge in [0, 0.05) is 30.9 Å². The van der Waals surface area contributed by atoms with Gasteiger partial charge < -0.3 is 10.4 Å². The Morgan fingerprint density at radius 2 is 1.76 bits per heavy atom. The Morgan fingerprint density at radius 3 is 2.10 bits per heavy atom. The Hall–Kier alpha value is -1.84. The number of nitrogens with zero attached hydrogens (tertiary/aromatic N) is 1. The second kappa shape index (κ2) is 6.29. The monoisotopic (exact) mass is 316 g/mol. The summed E-state index contributed by atoms with van der Waals surface area (Å²) in [5, 5.41) is 10.1. The van der Waals surface area contributed by atoms with E-state index in [1.807, 2.05) is 0 Å². The van der Waals surface area contributed by atoms with Gasteiger partial charge >= 0.3 is 18.3 Å². The molecule has 1 saturated heterocycles. The normalized spacial score (nSPS) is 15.7. The molecule has 0 saturated carbocycles. The molecule has 2 N–H and O–H groups in total. The molecule has 0 bridgehead atoms. The largest absolute Gasteiger partial charge is 0.490 e. The van der Waals surface area contributed by atoms with Crippen LogP contribution in [0.4, 0.5) is 26.3 Å². The molecular formula is C11H10F6N2O2. The molecule has 1 aromatic rings. The molecule has 21 heavy (non-hydrogen) atoms. The highest BCUT2D eigenvalue weighted by molar-refractivity contribution is 5.73. The lowest BCUT2D eigenvalue weighted by Crippen LogP contribution is -2.40. The van der Waals surface area contributed by atoms with E-state index in [-0.39, 0.29) is 5.92 Å². The third-order valence-corrected chi connectivity index (χ3v) is 2.55. The van der Waals surface area contributed by atoms with Crippen LogP contribution in [0, 0.1) is 0 Å². The molecule has 118 valence electrons. The van der Waals surface area contributed by atoms with Gasteiger partial charge in [0.25, 0.3) is 0 Å². The van der Waals surface area contributed by atoms with Crippen LogP contribution in [0.2, 0.25) is 0 Å². The summed E-state index contributed by atoms with van der Waals surface area (Å²) in [6.07, 6.45) is -8.13. The number of nitrogens with one attached hydrogen (secondary N) is 1. The number of hydrogen-bond acceptors (Lipinski definition) is 3. The standard InChI is InChI=1S/C9H9F3N2.C2HF3O2/c10-9(11,12)7-1-2-14-8(3-7)6-4-13-5-6;3-2(4,5)1(6)7/h1-3,6,13H,4-5H2;(H,6,7). The number of rotatable bonds is 1. The fraction of sp³-hybridized carbons (Fsp3) is 0.455. The van der Waals surface area contributed by atoms with Crippen LogP contribution in [0.5, 0.6) is 0 Å². The van der Waals surface area contributed by atoms with Crippen molar-refractivity contribution in [3.63, 3.8) is 0 Å². The molecule has 2 rings (SSSR count). The first-order valence-corrected chi connectivity index (χ1v) is 5.56. The van der Waals surface area contributed by atoms with Gasteiger partial charge in [0.1, 0.15) is 0 Å². The van der Waals surface area contributed by atoms with E-state index in [2.05, 4.69) is 10.3 Å². The molecule has 0 unspecified atom stereocenters. The van der Waals surface area contributed by atoms with Crippen LogP contribution in [0.1, 0.15) is 17.2 Å². The Kier molecular flexibility index (Phi) is 5.15. The minimum absolute atomic E-state index is 0.136. The lowest BCUT2D eigenvalue weighted by atomic mass is 9.97. The molecule has 0 aliphatic carbocycles. The van der Waals surface area contributed by atoms with Crippen molar-refractivity contribution in [2.24, 2.45) is 0 Å². The number of carboxylic acid groups (broad SMARTS) is 1. The predicted octanol–water partition coefficient (Wildman–Crippen LogP) is 2.42. The third-order valence-electron chi connectivity index (χ3n) is 2.55. The number of halogens is 6. The summed E-state index contributed by atoms with van der Waals surface area (Å²) in [7, 11) is 0. The summed E-state index contributed by atoms with van der Waals surface area (Å²) in [5.41, 5.74) is -0.0898. The number of aromatic nitrogens is 1. The molecule has 1 aromatic heterocycles. The lowest BCUT2D eigenvalue weighted by molar-refractivity contribution is -0.192. The van der Waals surface area contributed by atoms with Gasteiger partial charge in [-0.2, -0.15) is 26.3 Å². The van der Waals surface area contributed by atoms with Gasteiger partial charge in [0.2, 0.25) is 0 Å². The van der Waals surface area contributed by atoms with Gasteiger partial charge in [-0.1, -0.05) is 0 Å². The van der Waals surface area contributed by atoms with Gasteiger partial charge in [-0.05, 0) is 12.1 Å². The number of hydrogen-bond donors (Lipinski definition) is 2. The molecule has 0 aromatic carbocycles. The van der Waals surface area contributed by atoms with Gasteiger partial charge in [-0.25, -0.2) is 4.79 Å². The molecule has 2 heterocycles. The van der Waals surface area contributed by atoms with Crippen molar-refractivity contribution < 1.29 is 36.2 Å². The lowest BCUT2D eigenvalue weighted by Gasteiger charge is -2.26. The first-order valence-electron chi connectivity index (χ1n) is 5.56. The van der Waals surface area contributed by atoms with Crippen molar-refractivity contribution >= 4 is 5.97 Å². The van der Waals surface area contributed by atoms with Crippen LogP contribution >= 0.6 is 0 Å². The minimum atomic E-state index is -5.08. The first-order chi connectivity index (χ1) is 9.51. The van der Waals surface area contributed by atoms with Crippen LogP contribution in [-0.2, 0) is 11.0 Å². The molecule has 4 nitrogen and oxygen atoms in total. The maximum atomic E-state index is 12.3. The molecule has 1 aliphatic heterocycles. The molecule has 10 heteroatoms. The second-order valence-corrected chi connectivity index (χ2v) is 4.13. The van der Waals surface area contributed by atoms with Gasteiger partial charge in [-0.15, -0.1) is 0 Å². The van der Waals surface area contributed by atoms with Crippen LogP contribution in [-0.4, -0.2) is 35.3 Å². The highest BCUT2D eigenvalue weighted by Crippen LogP contribution is 2.30. The summed E-state index contributed by atoms with van der Waals surface area (Å²) in [6, 6.07) is 2.13. The van der Waals surface area contributed by atoms with Crippen molar-refractivity contribution in [2.75, 3.05) is 13.1 Å². The van der Waals surface area contributed by atoms with E-state index < -0.39 is 23.9 Å². The van der Waals surface area contributed by atoms with Crippen molar-refractivity contribution in [3.05, 3.63) is 29.6 Å². The maximum Gasteiger partial charge on any atom is 0.490 e. The van der Waals surface area contributed by atoms with Crippen molar-refractivity contribution in [3.8, 4) is 0 Å². The smallest absolute Gasteiger partial charge is 0.475 e. The van der Waals surface area contributed by atoms with E-state index >= 15 is 0 Å². The van der Waals surface area contributed by atoms with Crippen LogP contribution in [0.3, 0.4) is 0 Å². The SMILES string of the molecule is FC(F)(F)c1ccnc(C2CNC2)c1.O=C(O)C(F)(F)F. The number of pyridine rings is 1. The van der Waals surface area contributed by atoms with Gasteiger partial charge in [-0.3, -0.25) is 4.98 Å². The van der Waals surface area contributed by atoms with Crippen LogP contribution in [0.25, 0.3) is 0 Å². The summed E-state index contributed by atoms with van der Waals surface area (Å²) in [4.78, 5) is 12.8. The fourth-order valence-corrected chi connectivity index (χ4v) is 1.35. The average molecular weight is 316 g/mol. The van der Waals surface area contributed by atoms with Crippen molar-refractivity contribution in [1.29, 1.82) is 0 Å². The Balaban J connectivity index is 0.000000270. The molecule has 0 atom stereocenters. The molecule has 1 aliphatic rings. The molecular weight excluding hydrogens is 306 g/mol. The number of carboxylic acids is 1. The summed E-state index contributed by atoms with van der Waals surface area (Å²) in [5.74, 6) is -2.62. The molecule has 0 amide bonds. The van der Waals surface area contributed by atoms with Gasteiger partial charge in [0.15, 0.2) is 0 Å². The third kappa shape index (κ3) is 5.21. The van der Waals surface area contributed by atoms with E-state index in [0.29, 0.717) is 18.8 Å². The summed E-state index contributed by atoms with van der Waals surface area (Å²) in [6.45, 7) is 1.43. The van der Waals surface area contributed by atoms with Crippen molar-refractivity contribution in [1.82, 2.24) is 10.3 Å². The topological polar surface area (TPSA) is 62.2 Å². The zero-order chi connectivity index (χ0) is 16.3. The summed E-state index contributed by atoms with van der Waals surface area (Å²) >= 11 is 0. The Labute approximate surface area is 114 Å². The molecule has 0 radical (unpaired) electrons. The van der Waals surface area contributed by atoms with E-state index in [1.54, 1.807) is 0 Å². The molecule has 0 spiro atoms. The van der Waals surface area contributed by atoms with E-state index in [1.165, 1.54) is 6.20 Å². The second-order valence-electron chi connectivity index (χ2n) is 4.13. The average Bonchev–Trinajstić information content (AvgIpc) is 2.25. The van der Waals surface area contributed by atoms with Crippen LogP contribution < -0.4 is 5.32 Å². The number of carbonyl (C=O) groups is 1. The highest BCUT2D eigenvalue weighted by Gasteiger charge is 2.38. The highest BCUT2D eigenvalue weighted by atomic mass is 19.4. The summed E-state index contributed by atoms with van der Waals surface area (Å²) < 4.78 is 68.7. The van der Waals surface area contributed by atoms with E-state index in [0.717, 1.165) is 12.1 Å². The maximum absolute atomic E-state index is 12.3. The number of alkyl halides is 6. The molecule has 1 fully saturated rings. The number of aliphatic carboxylic acids is 1. The zero-order valence-electron chi connectivity index (χ0n) is 10.3. The first kappa shape index (κ1) is 17.2.